The zero-order valence-corrected chi connectivity index (χ0v) is 28.0. The van der Waals surface area contributed by atoms with Crippen LogP contribution in [0, 0.1) is 0 Å². The molecule has 0 amide bonds. The lowest BCUT2D eigenvalue weighted by atomic mass is 9.93. The predicted octanol–water partition coefficient (Wildman–Crippen LogP) is 13.5. The molecule has 240 valence electrons. The van der Waals surface area contributed by atoms with Gasteiger partial charge >= 0.3 is 0 Å². The van der Waals surface area contributed by atoms with E-state index in [1.807, 2.05) is 0 Å². The summed E-state index contributed by atoms with van der Waals surface area (Å²) < 4.78 is 0. The van der Waals surface area contributed by atoms with E-state index < -0.39 is 0 Å². The molecule has 0 aliphatic heterocycles. The van der Waals surface area contributed by atoms with Crippen molar-refractivity contribution in [2.24, 2.45) is 0 Å². The second-order valence-corrected chi connectivity index (χ2v) is 12.8. The topological polar surface area (TPSA) is 16.1 Å². The zero-order chi connectivity index (χ0) is 34.0. The average molecular weight is 651 g/mol. The number of anilines is 3. The molecule has 1 aromatic heterocycles. The first-order valence-corrected chi connectivity index (χ1v) is 17.4. The second kappa shape index (κ2) is 13.3. The van der Waals surface area contributed by atoms with E-state index in [1.165, 1.54) is 33.0 Å². The number of fused-ring (bicyclic) bond motifs is 2. The minimum absolute atomic E-state index is 0.956. The molecule has 0 spiro atoms. The molecule has 51 heavy (non-hydrogen) atoms. The Balaban J connectivity index is 1.11. The molecule has 8 aromatic carbocycles. The van der Waals surface area contributed by atoms with E-state index in [0.29, 0.717) is 0 Å². The predicted molar refractivity (Wildman–Crippen MR) is 216 cm³/mol. The quantitative estimate of drug-likeness (QED) is 0.171. The Kier molecular flexibility index (Phi) is 7.88. The summed E-state index contributed by atoms with van der Waals surface area (Å²) in [5.41, 5.74) is 13.5. The van der Waals surface area contributed by atoms with Gasteiger partial charge in [-0.3, -0.25) is 0 Å². The third-order valence-corrected chi connectivity index (χ3v) is 9.64. The summed E-state index contributed by atoms with van der Waals surface area (Å²) in [7, 11) is 0. The van der Waals surface area contributed by atoms with Crippen LogP contribution in [0.5, 0.6) is 0 Å². The third-order valence-electron chi connectivity index (χ3n) is 9.64. The lowest BCUT2D eigenvalue weighted by Gasteiger charge is -2.25. The average Bonchev–Trinajstić information content (AvgIpc) is 3.21. The first kappa shape index (κ1) is 30.3. The molecule has 0 saturated carbocycles. The van der Waals surface area contributed by atoms with E-state index in [4.69, 9.17) is 4.98 Å². The van der Waals surface area contributed by atoms with E-state index in [1.54, 1.807) is 0 Å². The summed E-state index contributed by atoms with van der Waals surface area (Å²) in [5.74, 6) is 0. The normalized spacial score (nSPS) is 11.1. The highest BCUT2D eigenvalue weighted by molar-refractivity contribution is 6.02. The Labute approximate surface area is 298 Å². The van der Waals surface area contributed by atoms with Gasteiger partial charge in [-0.1, -0.05) is 146 Å². The summed E-state index contributed by atoms with van der Waals surface area (Å²) >= 11 is 0. The highest BCUT2D eigenvalue weighted by atomic mass is 15.1. The summed E-state index contributed by atoms with van der Waals surface area (Å²) in [6.07, 6.45) is 0. The van der Waals surface area contributed by atoms with Crippen LogP contribution in [0.15, 0.2) is 206 Å². The standard InChI is InChI=1S/C49H34N2/c1-4-14-37(15-5-1)46-34-49(50-48-31-28-39(33-47(46)48)45-25-13-17-36-16-10-11-24-44(36)45)40-19-12-18-38(32-40)35-26-29-43(30-27-35)51(41-20-6-2-7-21-41)42-22-8-3-9-23-42/h1-34H. The number of hydrogen-bond acceptors (Lipinski definition) is 2. The van der Waals surface area contributed by atoms with Crippen molar-refractivity contribution in [3.8, 4) is 44.6 Å². The van der Waals surface area contributed by atoms with Crippen LogP contribution in [0.1, 0.15) is 0 Å². The molecule has 0 aliphatic carbocycles. The van der Waals surface area contributed by atoms with Gasteiger partial charge in [0.15, 0.2) is 0 Å². The molecule has 0 saturated heterocycles. The minimum atomic E-state index is 0.956. The van der Waals surface area contributed by atoms with Gasteiger partial charge in [-0.05, 0) is 105 Å². The van der Waals surface area contributed by atoms with Crippen LogP contribution in [-0.2, 0) is 0 Å². The largest absolute Gasteiger partial charge is 0.311 e. The fourth-order valence-corrected chi connectivity index (χ4v) is 7.14. The molecular formula is C49H34N2. The van der Waals surface area contributed by atoms with Crippen LogP contribution in [0.25, 0.3) is 66.3 Å². The van der Waals surface area contributed by atoms with E-state index in [-0.39, 0.29) is 0 Å². The van der Waals surface area contributed by atoms with Gasteiger partial charge in [0.05, 0.1) is 11.2 Å². The molecule has 0 fully saturated rings. The van der Waals surface area contributed by atoms with Crippen molar-refractivity contribution in [3.05, 3.63) is 206 Å². The van der Waals surface area contributed by atoms with Gasteiger partial charge in [-0.15, -0.1) is 0 Å². The Morgan fingerprint density at radius 3 is 1.63 bits per heavy atom. The molecule has 1 heterocycles. The highest BCUT2D eigenvalue weighted by Crippen LogP contribution is 2.38. The van der Waals surface area contributed by atoms with E-state index in [2.05, 4.69) is 211 Å². The van der Waals surface area contributed by atoms with Crippen molar-refractivity contribution in [3.63, 3.8) is 0 Å². The molecule has 0 unspecified atom stereocenters. The van der Waals surface area contributed by atoms with Crippen molar-refractivity contribution in [1.29, 1.82) is 0 Å². The Hall–Kier alpha value is -6.77. The van der Waals surface area contributed by atoms with Gasteiger partial charge in [0.1, 0.15) is 0 Å². The van der Waals surface area contributed by atoms with Crippen molar-refractivity contribution in [2.75, 3.05) is 4.90 Å². The number of aromatic nitrogens is 1. The van der Waals surface area contributed by atoms with Crippen LogP contribution >= 0.6 is 0 Å². The zero-order valence-electron chi connectivity index (χ0n) is 28.0. The number of para-hydroxylation sites is 2. The Morgan fingerprint density at radius 2 is 0.882 bits per heavy atom. The van der Waals surface area contributed by atoms with Crippen LogP contribution in [0.3, 0.4) is 0 Å². The van der Waals surface area contributed by atoms with E-state index in [9.17, 15) is 0 Å². The molecule has 2 heteroatoms. The van der Waals surface area contributed by atoms with Gasteiger partial charge in [0, 0.05) is 28.0 Å². The number of benzene rings is 8. The number of pyridine rings is 1. The molecule has 0 aliphatic rings. The SMILES string of the molecule is c1ccc(-c2cc(-c3cccc(-c4ccc(N(c5ccccc5)c5ccccc5)cc4)c3)nc3ccc(-c4cccc5ccccc45)cc23)cc1. The van der Waals surface area contributed by atoms with E-state index in [0.717, 1.165) is 50.3 Å². The third kappa shape index (κ3) is 5.94. The van der Waals surface area contributed by atoms with Gasteiger partial charge in [0.25, 0.3) is 0 Å². The lowest BCUT2D eigenvalue weighted by molar-refractivity contribution is 1.28. The number of hydrogen-bond donors (Lipinski definition) is 0. The second-order valence-electron chi connectivity index (χ2n) is 12.8. The van der Waals surface area contributed by atoms with Gasteiger partial charge in [-0.2, -0.15) is 0 Å². The summed E-state index contributed by atoms with van der Waals surface area (Å²) in [5, 5.41) is 3.64. The smallest absolute Gasteiger partial charge is 0.0716 e. The fourth-order valence-electron chi connectivity index (χ4n) is 7.14. The molecular weight excluding hydrogens is 617 g/mol. The fraction of sp³-hybridized carbons (Fsp3) is 0. The summed E-state index contributed by atoms with van der Waals surface area (Å²) in [6, 6.07) is 73.4. The van der Waals surface area contributed by atoms with E-state index >= 15 is 0 Å². The molecule has 0 bridgehead atoms. The minimum Gasteiger partial charge on any atom is -0.311 e. The van der Waals surface area contributed by atoms with Gasteiger partial charge in [-0.25, -0.2) is 4.98 Å². The molecule has 0 N–H and O–H groups in total. The summed E-state index contributed by atoms with van der Waals surface area (Å²) in [6.45, 7) is 0. The Morgan fingerprint density at radius 1 is 0.314 bits per heavy atom. The monoisotopic (exact) mass is 650 g/mol. The van der Waals surface area contributed by atoms with Crippen molar-refractivity contribution < 1.29 is 0 Å². The molecule has 9 rings (SSSR count). The molecule has 2 nitrogen and oxygen atoms in total. The van der Waals surface area contributed by atoms with Crippen LogP contribution in [0.4, 0.5) is 17.1 Å². The lowest BCUT2D eigenvalue weighted by Crippen LogP contribution is -2.09. The maximum Gasteiger partial charge on any atom is 0.0716 e. The van der Waals surface area contributed by atoms with Crippen molar-refractivity contribution in [2.45, 2.75) is 0 Å². The van der Waals surface area contributed by atoms with Crippen LogP contribution in [-0.4, -0.2) is 4.98 Å². The molecule has 0 radical (unpaired) electrons. The number of rotatable bonds is 7. The molecule has 9 aromatic rings. The van der Waals surface area contributed by atoms with Crippen molar-refractivity contribution in [1.82, 2.24) is 4.98 Å². The first-order valence-electron chi connectivity index (χ1n) is 17.4. The number of nitrogens with zero attached hydrogens (tertiary/aromatic N) is 2. The Bertz CT molecular complexity index is 2570. The van der Waals surface area contributed by atoms with Crippen LogP contribution < -0.4 is 4.90 Å². The first-order chi connectivity index (χ1) is 25.3. The van der Waals surface area contributed by atoms with Crippen molar-refractivity contribution >= 4 is 38.7 Å². The maximum atomic E-state index is 5.26. The van der Waals surface area contributed by atoms with Gasteiger partial charge < -0.3 is 4.90 Å². The molecule has 0 atom stereocenters. The van der Waals surface area contributed by atoms with Gasteiger partial charge in [0.2, 0.25) is 0 Å². The summed E-state index contributed by atoms with van der Waals surface area (Å²) in [4.78, 5) is 7.55. The highest BCUT2D eigenvalue weighted by Gasteiger charge is 2.15. The maximum absolute atomic E-state index is 5.26. The van der Waals surface area contributed by atoms with Crippen LogP contribution in [0.2, 0.25) is 0 Å².